The summed E-state index contributed by atoms with van der Waals surface area (Å²) < 4.78 is 29.3. The lowest BCUT2D eigenvalue weighted by Gasteiger charge is -2.19. The van der Waals surface area contributed by atoms with Crippen molar-refractivity contribution in [2.45, 2.75) is 38.3 Å². The minimum absolute atomic E-state index is 0.0949. The van der Waals surface area contributed by atoms with Crippen LogP contribution in [0.3, 0.4) is 0 Å². The van der Waals surface area contributed by atoms with Gasteiger partial charge >= 0.3 is 0 Å². The molecule has 36 heavy (non-hydrogen) atoms. The molecule has 0 aliphatic rings. The molecule has 0 saturated heterocycles. The average molecular weight is 525 g/mol. The predicted octanol–water partition coefficient (Wildman–Crippen LogP) is 5.26. The second-order valence-electron chi connectivity index (χ2n) is 8.45. The first-order valence-corrected chi connectivity index (χ1v) is 13.7. The Bertz CT molecular complexity index is 1500. The van der Waals surface area contributed by atoms with Crippen molar-refractivity contribution in [2.24, 2.45) is 0 Å². The van der Waals surface area contributed by atoms with Gasteiger partial charge in [-0.2, -0.15) is 4.31 Å². The number of halogens is 1. The van der Waals surface area contributed by atoms with Crippen LogP contribution >= 0.6 is 11.6 Å². The highest BCUT2D eigenvalue weighted by Gasteiger charge is 2.24. The molecule has 3 aromatic carbocycles. The molecule has 188 valence electrons. The zero-order valence-corrected chi connectivity index (χ0v) is 22.1. The van der Waals surface area contributed by atoms with Gasteiger partial charge in [0.15, 0.2) is 0 Å². The summed E-state index contributed by atoms with van der Waals surface area (Å²) in [5.74, 6) is 0.298. The van der Waals surface area contributed by atoms with E-state index < -0.39 is 16.1 Å². The molecule has 0 radical (unpaired) electrons. The summed E-state index contributed by atoms with van der Waals surface area (Å²) in [4.78, 5) is 18.1. The number of amides is 1. The Balaban J connectivity index is 1.64. The van der Waals surface area contributed by atoms with E-state index in [2.05, 4.69) is 5.32 Å². The van der Waals surface area contributed by atoms with Gasteiger partial charge in [-0.05, 0) is 48.9 Å². The number of carbonyl (C=O) groups excluding carboxylic acids is 1. The van der Waals surface area contributed by atoms with E-state index >= 15 is 0 Å². The molecule has 9 heteroatoms. The second kappa shape index (κ2) is 10.8. The number of imidazole rings is 1. The van der Waals surface area contributed by atoms with Gasteiger partial charge in [0.25, 0.3) is 5.91 Å². The van der Waals surface area contributed by atoms with Crippen LogP contribution < -0.4 is 5.32 Å². The Labute approximate surface area is 216 Å². The predicted molar refractivity (Wildman–Crippen MR) is 143 cm³/mol. The van der Waals surface area contributed by atoms with Crippen LogP contribution in [-0.2, 0) is 16.6 Å². The quantitative estimate of drug-likeness (QED) is 0.324. The first-order chi connectivity index (χ1) is 17.3. The number of nitrogens with one attached hydrogen (secondary N) is 1. The molecule has 0 unspecified atom stereocenters. The number of nitrogens with zero attached hydrogens (tertiary/aromatic N) is 3. The monoisotopic (exact) mass is 524 g/mol. The van der Waals surface area contributed by atoms with Crippen LogP contribution in [0.2, 0.25) is 5.02 Å². The minimum Gasteiger partial charge on any atom is -0.342 e. The summed E-state index contributed by atoms with van der Waals surface area (Å²) in [5, 5.41) is 3.64. The fourth-order valence-corrected chi connectivity index (χ4v) is 5.94. The Morgan fingerprint density at radius 1 is 1.03 bits per heavy atom. The van der Waals surface area contributed by atoms with Crippen molar-refractivity contribution >= 4 is 38.6 Å². The fraction of sp³-hybridized carbons (Fsp3) is 0.259. The number of fused-ring (bicyclic) bond motifs is 1. The lowest BCUT2D eigenvalue weighted by molar-refractivity contribution is 0.0937. The van der Waals surface area contributed by atoms with E-state index in [4.69, 9.17) is 16.6 Å². The molecule has 1 heterocycles. The molecule has 0 fully saturated rings. The van der Waals surface area contributed by atoms with E-state index in [1.807, 2.05) is 60.0 Å². The van der Waals surface area contributed by atoms with Crippen molar-refractivity contribution in [1.82, 2.24) is 19.2 Å². The zero-order chi connectivity index (χ0) is 25.9. The third kappa shape index (κ3) is 5.16. The van der Waals surface area contributed by atoms with Gasteiger partial charge in [0.2, 0.25) is 10.0 Å². The highest BCUT2D eigenvalue weighted by Crippen LogP contribution is 2.25. The van der Waals surface area contributed by atoms with Gasteiger partial charge in [-0.1, -0.05) is 61.8 Å². The van der Waals surface area contributed by atoms with Crippen molar-refractivity contribution in [3.8, 4) is 0 Å². The molecule has 4 rings (SSSR count). The molecule has 0 aliphatic carbocycles. The molecule has 1 atom stereocenters. The first kappa shape index (κ1) is 25.9. The number of hydrogen-bond donors (Lipinski definition) is 1. The zero-order valence-electron chi connectivity index (χ0n) is 20.5. The summed E-state index contributed by atoms with van der Waals surface area (Å²) >= 11 is 6.43. The van der Waals surface area contributed by atoms with Crippen LogP contribution in [0, 0.1) is 0 Å². The van der Waals surface area contributed by atoms with Crippen LogP contribution in [0.5, 0.6) is 0 Å². The highest BCUT2D eigenvalue weighted by molar-refractivity contribution is 7.89. The van der Waals surface area contributed by atoms with Gasteiger partial charge in [0.1, 0.15) is 5.82 Å². The molecular weight excluding hydrogens is 496 g/mol. The van der Waals surface area contributed by atoms with Crippen LogP contribution in [0.25, 0.3) is 11.0 Å². The van der Waals surface area contributed by atoms with Crippen molar-refractivity contribution in [2.75, 3.05) is 13.1 Å². The van der Waals surface area contributed by atoms with E-state index in [1.54, 1.807) is 26.0 Å². The van der Waals surface area contributed by atoms with Crippen LogP contribution in [0.1, 0.15) is 48.6 Å². The standard InChI is InChI=1S/C27H29ClN4O3S/c1-4-31(5-2)36(34,35)22-13-10-12-20(17-22)27(33)29-19(3)26-30-24-15-8-9-16-25(24)32(26)18-21-11-6-7-14-23(21)28/h6-17,19H,4-5,18H2,1-3H3,(H,29,33)/t19-/m0/s1. The first-order valence-electron chi connectivity index (χ1n) is 11.9. The summed E-state index contributed by atoms with van der Waals surface area (Å²) in [7, 11) is -3.68. The lowest BCUT2D eigenvalue weighted by atomic mass is 10.2. The summed E-state index contributed by atoms with van der Waals surface area (Å²) in [6.07, 6.45) is 0. The lowest BCUT2D eigenvalue weighted by Crippen LogP contribution is -2.31. The maximum Gasteiger partial charge on any atom is 0.251 e. The van der Waals surface area contributed by atoms with E-state index in [1.165, 1.54) is 16.4 Å². The maximum atomic E-state index is 13.2. The summed E-state index contributed by atoms with van der Waals surface area (Å²) in [6.45, 7) is 6.63. The van der Waals surface area contributed by atoms with Gasteiger partial charge in [-0.25, -0.2) is 13.4 Å². The van der Waals surface area contributed by atoms with E-state index in [9.17, 15) is 13.2 Å². The normalized spacial score (nSPS) is 12.7. The molecule has 0 spiro atoms. The number of hydrogen-bond acceptors (Lipinski definition) is 4. The number of benzene rings is 3. The van der Waals surface area contributed by atoms with Crippen molar-refractivity contribution < 1.29 is 13.2 Å². The molecule has 0 bridgehead atoms. The van der Waals surface area contributed by atoms with Gasteiger partial charge in [-0.15, -0.1) is 0 Å². The molecule has 4 aromatic rings. The Kier molecular flexibility index (Phi) is 7.78. The number of sulfonamides is 1. The van der Waals surface area contributed by atoms with E-state index in [0.29, 0.717) is 30.5 Å². The molecule has 0 saturated carbocycles. The smallest absolute Gasteiger partial charge is 0.251 e. The van der Waals surface area contributed by atoms with Gasteiger partial charge in [-0.3, -0.25) is 4.79 Å². The Morgan fingerprint density at radius 2 is 1.72 bits per heavy atom. The fourth-order valence-electron chi connectivity index (χ4n) is 4.24. The van der Waals surface area contributed by atoms with Crippen LogP contribution in [0.15, 0.2) is 77.7 Å². The Morgan fingerprint density at radius 3 is 2.44 bits per heavy atom. The van der Waals surface area contributed by atoms with Crippen LogP contribution in [-0.4, -0.2) is 41.3 Å². The molecule has 1 N–H and O–H groups in total. The third-order valence-corrected chi connectivity index (χ3v) is 8.56. The van der Waals surface area contributed by atoms with Crippen LogP contribution in [0.4, 0.5) is 0 Å². The molecule has 7 nitrogen and oxygen atoms in total. The minimum atomic E-state index is -3.68. The van der Waals surface area contributed by atoms with Crippen molar-refractivity contribution in [1.29, 1.82) is 0 Å². The molecule has 1 aromatic heterocycles. The van der Waals surface area contributed by atoms with E-state index in [0.717, 1.165) is 16.6 Å². The summed E-state index contributed by atoms with van der Waals surface area (Å²) in [6, 6.07) is 21.1. The van der Waals surface area contributed by atoms with Gasteiger partial charge < -0.3 is 9.88 Å². The summed E-state index contributed by atoms with van der Waals surface area (Å²) in [5.41, 5.74) is 2.95. The number of aromatic nitrogens is 2. The SMILES string of the molecule is CCN(CC)S(=O)(=O)c1cccc(C(=O)N[C@@H](C)c2nc3ccccc3n2Cc2ccccc2Cl)c1. The molecule has 0 aliphatic heterocycles. The third-order valence-electron chi connectivity index (χ3n) is 6.14. The second-order valence-corrected chi connectivity index (χ2v) is 10.8. The average Bonchev–Trinajstić information content (AvgIpc) is 3.24. The molecule has 1 amide bonds. The molecular formula is C27H29ClN4O3S. The van der Waals surface area contributed by atoms with Gasteiger partial charge in [0, 0.05) is 23.7 Å². The number of carbonyl (C=O) groups is 1. The number of rotatable bonds is 9. The van der Waals surface area contributed by atoms with Crippen molar-refractivity contribution in [3.05, 3.63) is 94.8 Å². The largest absolute Gasteiger partial charge is 0.342 e. The highest BCUT2D eigenvalue weighted by atomic mass is 35.5. The Hall–Kier alpha value is -3.20. The van der Waals surface area contributed by atoms with Crippen molar-refractivity contribution in [3.63, 3.8) is 0 Å². The number of para-hydroxylation sites is 2. The van der Waals surface area contributed by atoms with Gasteiger partial charge in [0.05, 0.1) is 28.5 Å². The maximum absolute atomic E-state index is 13.2. The topological polar surface area (TPSA) is 84.3 Å². The van der Waals surface area contributed by atoms with E-state index in [-0.39, 0.29) is 16.4 Å².